The van der Waals surface area contributed by atoms with Crippen molar-refractivity contribution in [2.24, 2.45) is 0 Å². The van der Waals surface area contributed by atoms with Gasteiger partial charge in [-0.15, -0.1) is 0 Å². The maximum Gasteiger partial charge on any atom is 0.472 e. The Morgan fingerprint density at radius 3 is 1.89 bits per heavy atom. The van der Waals surface area contributed by atoms with Crippen LogP contribution in [0.2, 0.25) is 0 Å². The Bertz CT molecular complexity index is 1220. The van der Waals surface area contributed by atoms with Crippen LogP contribution in [0.15, 0.2) is 85.1 Å². The van der Waals surface area contributed by atoms with E-state index in [0.29, 0.717) is 25.7 Å². The fourth-order valence-electron chi connectivity index (χ4n) is 4.92. The predicted molar refractivity (Wildman–Crippen MR) is 225 cm³/mol. The number of rotatable bonds is 37. The second kappa shape index (κ2) is 39.0. The number of esters is 2. The van der Waals surface area contributed by atoms with Gasteiger partial charge in [0.1, 0.15) is 12.7 Å². The van der Waals surface area contributed by atoms with Crippen LogP contribution in [0, 0.1) is 0 Å². The molecule has 4 N–H and O–H groups in total. The summed E-state index contributed by atoms with van der Waals surface area (Å²) in [6.45, 7) is 2.00. The number of unbranched alkanes of at least 4 members (excludes halogenated alkanes) is 10. The van der Waals surface area contributed by atoms with Crippen LogP contribution in [-0.2, 0) is 32.7 Å². The minimum Gasteiger partial charge on any atom is -0.462 e. The molecular formula is C44H73O11P. The molecule has 0 aromatic rings. The molecule has 0 aliphatic heterocycles. The van der Waals surface area contributed by atoms with Gasteiger partial charge in [0.15, 0.2) is 6.10 Å². The van der Waals surface area contributed by atoms with E-state index < -0.39 is 57.9 Å². The van der Waals surface area contributed by atoms with Gasteiger partial charge in [-0.2, -0.15) is 0 Å². The Kier molecular flexibility index (Phi) is 36.9. The van der Waals surface area contributed by atoms with Crippen molar-refractivity contribution in [2.75, 3.05) is 26.4 Å². The van der Waals surface area contributed by atoms with Gasteiger partial charge in [-0.3, -0.25) is 18.6 Å². The van der Waals surface area contributed by atoms with E-state index in [1.54, 1.807) is 6.08 Å². The zero-order chi connectivity index (χ0) is 41.4. The number of carbonyl (C=O) groups excluding carboxylic acids is 2. The largest absolute Gasteiger partial charge is 0.472 e. The summed E-state index contributed by atoms with van der Waals surface area (Å²) in [6, 6.07) is 0. The number of phosphoric acid groups is 1. The highest BCUT2D eigenvalue weighted by atomic mass is 31.2. The van der Waals surface area contributed by atoms with Gasteiger partial charge in [0.05, 0.1) is 25.9 Å². The second-order valence-corrected chi connectivity index (χ2v) is 15.0. The maximum absolute atomic E-state index is 12.6. The minimum atomic E-state index is -4.65. The van der Waals surface area contributed by atoms with Crippen LogP contribution in [0.4, 0.5) is 0 Å². The Labute approximate surface area is 337 Å². The average Bonchev–Trinajstić information content (AvgIpc) is 3.18. The van der Waals surface area contributed by atoms with E-state index >= 15 is 0 Å². The van der Waals surface area contributed by atoms with Crippen molar-refractivity contribution in [2.45, 2.75) is 154 Å². The van der Waals surface area contributed by atoms with Crippen LogP contribution in [-0.4, -0.2) is 76.9 Å². The highest BCUT2D eigenvalue weighted by Crippen LogP contribution is 2.43. The monoisotopic (exact) mass is 808 g/mol. The van der Waals surface area contributed by atoms with E-state index in [0.717, 1.165) is 57.8 Å². The molecule has 11 nitrogen and oxygen atoms in total. The summed E-state index contributed by atoms with van der Waals surface area (Å²) >= 11 is 0. The maximum atomic E-state index is 12.6. The summed E-state index contributed by atoms with van der Waals surface area (Å²) in [5.41, 5.74) is 0. The average molecular weight is 809 g/mol. The van der Waals surface area contributed by atoms with Crippen molar-refractivity contribution in [3.05, 3.63) is 85.1 Å². The van der Waals surface area contributed by atoms with Gasteiger partial charge in [-0.05, 0) is 70.6 Å². The van der Waals surface area contributed by atoms with Gasteiger partial charge in [-0.1, -0.05) is 137 Å². The molecule has 0 fully saturated rings. The topological polar surface area (TPSA) is 169 Å². The van der Waals surface area contributed by atoms with Crippen molar-refractivity contribution in [1.29, 1.82) is 0 Å². The number of hydrogen-bond acceptors (Lipinski definition) is 10. The summed E-state index contributed by atoms with van der Waals surface area (Å²) in [7, 11) is -4.65. The van der Waals surface area contributed by atoms with Crippen molar-refractivity contribution in [1.82, 2.24) is 0 Å². The second-order valence-electron chi connectivity index (χ2n) is 13.5. The third-order valence-corrected chi connectivity index (χ3v) is 9.09. The van der Waals surface area contributed by atoms with Gasteiger partial charge >= 0.3 is 19.8 Å². The molecule has 12 heteroatoms. The molecule has 0 radical (unpaired) electrons. The Morgan fingerprint density at radius 2 is 1.20 bits per heavy atom. The number of carbonyl (C=O) groups is 2. The lowest BCUT2D eigenvalue weighted by Gasteiger charge is -2.20. The van der Waals surface area contributed by atoms with E-state index in [-0.39, 0.29) is 19.4 Å². The zero-order valence-corrected chi connectivity index (χ0v) is 35.1. The quantitative estimate of drug-likeness (QED) is 0.0155. The summed E-state index contributed by atoms with van der Waals surface area (Å²) in [5.74, 6) is -1.04. The first-order valence-corrected chi connectivity index (χ1v) is 22.2. The van der Waals surface area contributed by atoms with Crippen molar-refractivity contribution >= 4 is 19.8 Å². The summed E-state index contributed by atoms with van der Waals surface area (Å²) < 4.78 is 32.6. The molecule has 0 saturated carbocycles. The molecule has 0 aromatic heterocycles. The molecule has 0 aromatic carbocycles. The van der Waals surface area contributed by atoms with Gasteiger partial charge < -0.3 is 29.7 Å². The van der Waals surface area contributed by atoms with Crippen LogP contribution < -0.4 is 0 Å². The van der Waals surface area contributed by atoms with Gasteiger partial charge in [0, 0.05) is 12.8 Å². The smallest absolute Gasteiger partial charge is 0.462 e. The lowest BCUT2D eigenvalue weighted by atomic mass is 10.1. The SMILES string of the molecule is CC/C=C\C(O)C/C=C/C=C\C/C=C\C/C=C\CCCC(=O)O[C@H](COC(=O)CCCCCCC/C=C\C=C/CCCCCC)COP(=O)(O)OC[C@@H](O)CO. The van der Waals surface area contributed by atoms with Crippen LogP contribution in [0.25, 0.3) is 0 Å². The summed E-state index contributed by atoms with van der Waals surface area (Å²) in [5, 5.41) is 28.1. The lowest BCUT2D eigenvalue weighted by Crippen LogP contribution is -2.29. The third kappa shape index (κ3) is 38.0. The molecule has 56 heavy (non-hydrogen) atoms. The van der Waals surface area contributed by atoms with E-state index in [4.69, 9.17) is 19.1 Å². The Morgan fingerprint density at radius 1 is 0.625 bits per heavy atom. The first-order valence-electron chi connectivity index (χ1n) is 20.7. The molecule has 0 spiro atoms. The molecule has 0 amide bonds. The lowest BCUT2D eigenvalue weighted by molar-refractivity contribution is -0.161. The number of ether oxygens (including phenoxy) is 2. The zero-order valence-electron chi connectivity index (χ0n) is 34.2. The number of allylic oxidation sites excluding steroid dienone is 12. The number of aliphatic hydroxyl groups excluding tert-OH is 3. The predicted octanol–water partition coefficient (Wildman–Crippen LogP) is 9.63. The van der Waals surface area contributed by atoms with Crippen LogP contribution in [0.1, 0.15) is 136 Å². The van der Waals surface area contributed by atoms with Gasteiger partial charge in [-0.25, -0.2) is 4.57 Å². The normalized spacial score (nSPS) is 15.3. The summed E-state index contributed by atoms with van der Waals surface area (Å²) in [6.07, 6.45) is 41.8. The number of phosphoric ester groups is 1. The van der Waals surface area contributed by atoms with E-state index in [1.807, 2.05) is 55.5 Å². The third-order valence-electron chi connectivity index (χ3n) is 8.14. The van der Waals surface area contributed by atoms with E-state index in [1.165, 1.54) is 25.7 Å². The standard InChI is InChI=1S/C44H73O11P/c1-3-5-7-8-9-10-11-12-13-14-18-21-24-27-30-34-43(48)52-38-42(39-54-56(50,51)53-37-41(47)36-45)55-44(49)35-31-28-25-22-19-16-15-17-20-23-26-29-33-40(46)32-6-4-2/h6,10-13,15-16,20,22-23,25-26,29,32,40-42,45-47H,3-5,7-9,14,17-19,21,24,27-28,30-31,33-39H2,1-2H3,(H,50,51)/b11-10-,13-12-,16-15-,23-20-,25-22-,29-26+,32-6-/t40?,41-,42+/m0/s1. The van der Waals surface area contributed by atoms with Crippen molar-refractivity contribution < 1.29 is 52.9 Å². The fourth-order valence-corrected chi connectivity index (χ4v) is 5.71. The van der Waals surface area contributed by atoms with Gasteiger partial charge in [0.25, 0.3) is 0 Å². The molecule has 0 aliphatic carbocycles. The molecule has 0 aliphatic rings. The molecule has 0 bridgehead atoms. The fraction of sp³-hybridized carbons (Fsp3) is 0.636. The molecular weight excluding hydrogens is 735 g/mol. The van der Waals surface area contributed by atoms with Crippen LogP contribution >= 0.6 is 7.82 Å². The highest BCUT2D eigenvalue weighted by molar-refractivity contribution is 7.47. The van der Waals surface area contributed by atoms with Crippen molar-refractivity contribution in [3.63, 3.8) is 0 Å². The van der Waals surface area contributed by atoms with Crippen LogP contribution in [0.5, 0.6) is 0 Å². The molecule has 0 heterocycles. The molecule has 0 rings (SSSR count). The first-order chi connectivity index (χ1) is 27.1. The molecule has 2 unspecified atom stereocenters. The molecule has 0 saturated heterocycles. The first kappa shape index (κ1) is 53.1. The van der Waals surface area contributed by atoms with E-state index in [2.05, 4.69) is 41.8 Å². The van der Waals surface area contributed by atoms with Crippen molar-refractivity contribution in [3.8, 4) is 0 Å². The number of aliphatic hydroxyl groups is 3. The summed E-state index contributed by atoms with van der Waals surface area (Å²) in [4.78, 5) is 34.9. The molecule has 4 atom stereocenters. The van der Waals surface area contributed by atoms with E-state index in [9.17, 15) is 29.3 Å². The molecule has 320 valence electrons. The van der Waals surface area contributed by atoms with Gasteiger partial charge in [0.2, 0.25) is 0 Å². The minimum absolute atomic E-state index is 0.0798. The highest BCUT2D eigenvalue weighted by Gasteiger charge is 2.27. The number of hydrogen-bond donors (Lipinski definition) is 4. The van der Waals surface area contributed by atoms with Crippen LogP contribution in [0.3, 0.4) is 0 Å². The Balaban J connectivity index is 4.51. The Hall–Kier alpha value is -2.89.